The molecule has 11 heteroatoms. The molecule has 0 rings (SSSR count). The van der Waals surface area contributed by atoms with Crippen LogP contribution in [-0.4, -0.2) is 126 Å². The molecule has 0 aromatic carbocycles. The average Bonchev–Trinajstić information content (AvgIpc) is 0. The first-order valence-electron chi connectivity index (χ1n) is 0. The molecule has 0 atom stereocenters. The van der Waals surface area contributed by atoms with Crippen LogP contribution < -0.4 is 0 Å². The van der Waals surface area contributed by atoms with E-state index in [2.05, 4.69) is 0 Å². The van der Waals surface area contributed by atoms with E-state index in [1.54, 1.807) is 0 Å². The number of rotatable bonds is 0. The van der Waals surface area contributed by atoms with Gasteiger partial charge in [0.15, 0.2) is 34.7 Å². The normalized spacial score (nSPS) is 0. The van der Waals surface area contributed by atoms with Gasteiger partial charge >= 0.3 is 91.3 Å². The molecule has 0 aliphatic carbocycles. The zero-order valence-electron chi connectivity index (χ0n) is 2.98. The zero-order chi connectivity index (χ0) is 0. The molecule has 0 bridgehead atoms. The Morgan fingerprint density at radius 1 is 0.455 bits per heavy atom. The van der Waals surface area contributed by atoms with Crippen LogP contribution in [0.15, 0.2) is 0 Å². The Bertz CT molecular complexity index is 25.3. The second-order valence-electron chi connectivity index (χ2n) is 0. The molecule has 0 fully saturated rings. The van der Waals surface area contributed by atoms with Crippen LogP contribution in [0.25, 0.3) is 0 Å². The first-order chi connectivity index (χ1) is 0. The van der Waals surface area contributed by atoms with Gasteiger partial charge in [-0.2, -0.15) is 0 Å². The number of hydrogen-bond donors (Lipinski definition) is 0. The summed E-state index contributed by atoms with van der Waals surface area (Å²) in [6, 6.07) is 0. The topological polar surface area (TPSA) is 85.5 Å². The van der Waals surface area contributed by atoms with Gasteiger partial charge in [-0.25, -0.2) is 0 Å². The standard InChI is InChI=1S/2Al.2Cu.2Ga.2In.3O.12H/q;;;;;;2*+3;3*-2;;;;;;;;;;;;. The van der Waals surface area contributed by atoms with Crippen LogP contribution in [0, 0.1) is 0 Å². The Morgan fingerprint density at radius 2 is 0.455 bits per heavy atom. The quantitative estimate of drug-likeness (QED) is 0.245. The van der Waals surface area contributed by atoms with E-state index in [0.29, 0.717) is 0 Å². The molecule has 11 heavy (non-hydrogen) atoms. The molecule has 0 unspecified atom stereocenters. The van der Waals surface area contributed by atoms with E-state index in [4.69, 9.17) is 0 Å². The Balaban J connectivity index is 0. The molecule has 0 aliphatic rings. The Kier molecular flexibility index (Phi) is 1540. The molecule has 0 heterocycles. The van der Waals surface area contributed by atoms with Crippen molar-refractivity contribution in [3.05, 3.63) is 0 Å². The molecular formula is H12Al2Cu2Ga2In2O3. The van der Waals surface area contributed by atoms with E-state index in [1.807, 2.05) is 0 Å². The average molecular weight is 610 g/mol. The summed E-state index contributed by atoms with van der Waals surface area (Å²) in [6.45, 7) is 0. The van der Waals surface area contributed by atoms with E-state index < -0.39 is 0 Å². The first-order valence-corrected chi connectivity index (χ1v) is 0. The van der Waals surface area contributed by atoms with Crippen molar-refractivity contribution in [1.82, 2.24) is 0 Å². The van der Waals surface area contributed by atoms with Crippen LogP contribution in [0.2, 0.25) is 0 Å². The van der Waals surface area contributed by atoms with Gasteiger partial charge in [-0.15, -0.1) is 0 Å². The van der Waals surface area contributed by atoms with E-state index in [-0.39, 0.29) is 177 Å². The monoisotopic (exact) mass is 608 g/mol. The van der Waals surface area contributed by atoms with Gasteiger partial charge in [0.25, 0.3) is 0 Å². The fourth-order valence-corrected chi connectivity index (χ4v) is 0. The predicted octanol–water partition coefficient (Wildman–Crippen LogP) is -5.86. The zero-order valence-corrected chi connectivity index (χ0v) is 11.5. The molecule has 0 N–H and O–H groups in total. The van der Waals surface area contributed by atoms with Crippen LogP contribution in [0.5, 0.6) is 0 Å². The summed E-state index contributed by atoms with van der Waals surface area (Å²) in [5.74, 6) is 0. The second kappa shape index (κ2) is 118. The first kappa shape index (κ1) is 144. The van der Waals surface area contributed by atoms with Gasteiger partial charge in [0.1, 0.15) is 0 Å². The van der Waals surface area contributed by atoms with Crippen molar-refractivity contribution in [1.29, 1.82) is 0 Å². The SMILES string of the molecule is [AlH3].[AlH3].[Cu].[Cu].[GaH3].[GaH3].[In+3].[In+3].[O-2].[O-2].[O-2]. The molecule has 70 valence electrons. The molecule has 0 aliphatic heterocycles. The predicted molar refractivity (Wildman–Crippen MR) is 53.3 cm³/mol. The van der Waals surface area contributed by atoms with Crippen LogP contribution in [-0.2, 0) is 50.6 Å². The van der Waals surface area contributed by atoms with Crippen molar-refractivity contribution in [3.8, 4) is 0 Å². The summed E-state index contributed by atoms with van der Waals surface area (Å²) < 4.78 is 0. The van der Waals surface area contributed by atoms with Crippen LogP contribution in [0.1, 0.15) is 0 Å². The summed E-state index contributed by atoms with van der Waals surface area (Å²) in [5.41, 5.74) is 0. The Morgan fingerprint density at radius 3 is 0.455 bits per heavy atom. The third-order valence-electron chi connectivity index (χ3n) is 0. The third-order valence-corrected chi connectivity index (χ3v) is 0. The van der Waals surface area contributed by atoms with Crippen LogP contribution in [0.3, 0.4) is 0 Å². The fourth-order valence-electron chi connectivity index (χ4n) is 0. The maximum absolute atomic E-state index is 0. The van der Waals surface area contributed by atoms with E-state index in [0.717, 1.165) is 0 Å². The van der Waals surface area contributed by atoms with Crippen LogP contribution in [0.4, 0.5) is 0 Å². The third kappa shape index (κ3) is 101. The molecule has 0 amide bonds. The minimum absolute atomic E-state index is 0. The summed E-state index contributed by atoms with van der Waals surface area (Å²) in [5, 5.41) is 0. The molecule has 3 nitrogen and oxygen atoms in total. The number of hydrogen-bond acceptors (Lipinski definition) is 0. The van der Waals surface area contributed by atoms with Crippen molar-refractivity contribution in [2.45, 2.75) is 0 Å². The van der Waals surface area contributed by atoms with E-state index >= 15 is 0 Å². The van der Waals surface area contributed by atoms with Gasteiger partial charge in [0.05, 0.1) is 0 Å². The van der Waals surface area contributed by atoms with Gasteiger partial charge in [-0.05, 0) is 0 Å². The van der Waals surface area contributed by atoms with E-state index in [9.17, 15) is 0 Å². The molecule has 0 spiro atoms. The molecule has 2 radical (unpaired) electrons. The molecule has 0 aromatic rings. The van der Waals surface area contributed by atoms with Crippen molar-refractivity contribution in [2.75, 3.05) is 0 Å². The van der Waals surface area contributed by atoms with E-state index in [1.165, 1.54) is 0 Å². The van der Waals surface area contributed by atoms with Crippen molar-refractivity contribution < 1.29 is 50.6 Å². The maximum atomic E-state index is 0. The molecular weight excluding hydrogens is 598 g/mol. The van der Waals surface area contributed by atoms with Gasteiger partial charge in [-0.3, -0.25) is 0 Å². The largest absolute Gasteiger partial charge is 3.00 e. The van der Waals surface area contributed by atoms with Crippen LogP contribution >= 0.6 is 0 Å². The summed E-state index contributed by atoms with van der Waals surface area (Å²) in [4.78, 5) is 0. The smallest absolute Gasteiger partial charge is 2.00 e. The fraction of sp³-hybridized carbons (Fsp3) is 0. The van der Waals surface area contributed by atoms with Gasteiger partial charge in [0.2, 0.25) is 0 Å². The van der Waals surface area contributed by atoms with Crippen molar-refractivity contribution in [2.24, 2.45) is 0 Å². The molecule has 0 saturated carbocycles. The molecule has 0 saturated heterocycles. The van der Waals surface area contributed by atoms with Gasteiger partial charge in [0, 0.05) is 34.1 Å². The second-order valence-corrected chi connectivity index (χ2v) is 0. The molecule has 0 aromatic heterocycles. The van der Waals surface area contributed by atoms with Crippen molar-refractivity contribution >= 4 is 126 Å². The van der Waals surface area contributed by atoms with Crippen molar-refractivity contribution in [3.63, 3.8) is 0 Å². The summed E-state index contributed by atoms with van der Waals surface area (Å²) in [6.07, 6.45) is 0. The minimum atomic E-state index is 0. The summed E-state index contributed by atoms with van der Waals surface area (Å²) >= 11 is 0. The maximum Gasteiger partial charge on any atom is 3.00 e. The Hall–Kier alpha value is 5.00. The van der Waals surface area contributed by atoms with Gasteiger partial charge in [-0.1, -0.05) is 0 Å². The minimum Gasteiger partial charge on any atom is -2.00 e. The summed E-state index contributed by atoms with van der Waals surface area (Å²) in [7, 11) is 0. The Labute approximate surface area is 173 Å². The van der Waals surface area contributed by atoms with Gasteiger partial charge < -0.3 is 16.4 Å².